The average molecular weight is 186 g/mol. The van der Waals surface area contributed by atoms with E-state index in [1.54, 1.807) is 0 Å². The van der Waals surface area contributed by atoms with E-state index in [1.165, 1.54) is 0 Å². The molecular weight excluding hydrogens is 172 g/mol. The molecule has 1 rings (SSSR count). The molecule has 0 amide bonds. The SMILES string of the molecule is CC=CCN(C)c1ccccc1C#N. The van der Waals surface area contributed by atoms with Gasteiger partial charge in [0.05, 0.1) is 11.3 Å². The summed E-state index contributed by atoms with van der Waals surface area (Å²) >= 11 is 0. The van der Waals surface area contributed by atoms with Crippen molar-refractivity contribution in [2.45, 2.75) is 6.92 Å². The smallest absolute Gasteiger partial charge is 0.101 e. The summed E-state index contributed by atoms with van der Waals surface area (Å²) in [6.45, 7) is 2.82. The molecule has 0 heterocycles. The Morgan fingerprint density at radius 2 is 2.14 bits per heavy atom. The molecule has 0 N–H and O–H groups in total. The molecule has 2 heteroatoms. The Kier molecular flexibility index (Phi) is 3.75. The molecule has 0 unspecified atom stereocenters. The number of nitriles is 1. The van der Waals surface area contributed by atoms with Crippen molar-refractivity contribution >= 4 is 5.69 Å². The van der Waals surface area contributed by atoms with Crippen LogP contribution in [-0.2, 0) is 0 Å². The minimum absolute atomic E-state index is 0.722. The largest absolute Gasteiger partial charge is 0.370 e. The lowest BCUT2D eigenvalue weighted by molar-refractivity contribution is 1.02. The lowest BCUT2D eigenvalue weighted by Gasteiger charge is -2.18. The molecule has 1 aromatic carbocycles. The fourth-order valence-electron chi connectivity index (χ4n) is 1.26. The molecule has 0 aliphatic heterocycles. The molecule has 1 aromatic rings. The molecular formula is C12H14N2. The van der Waals surface area contributed by atoms with E-state index < -0.39 is 0 Å². The average Bonchev–Trinajstić information content (AvgIpc) is 2.25. The summed E-state index contributed by atoms with van der Waals surface area (Å²) in [6, 6.07) is 9.81. The fourth-order valence-corrected chi connectivity index (χ4v) is 1.26. The molecule has 2 nitrogen and oxygen atoms in total. The van der Waals surface area contributed by atoms with Crippen LogP contribution in [-0.4, -0.2) is 13.6 Å². The maximum absolute atomic E-state index is 8.90. The molecule has 0 bridgehead atoms. The van der Waals surface area contributed by atoms with Gasteiger partial charge >= 0.3 is 0 Å². The van der Waals surface area contributed by atoms with E-state index >= 15 is 0 Å². The van der Waals surface area contributed by atoms with E-state index in [-0.39, 0.29) is 0 Å². The second-order valence-electron chi connectivity index (χ2n) is 3.08. The molecule has 0 atom stereocenters. The lowest BCUT2D eigenvalue weighted by Crippen LogP contribution is -2.17. The summed E-state index contributed by atoms with van der Waals surface area (Å²) in [5.74, 6) is 0. The number of anilines is 1. The van der Waals surface area contributed by atoms with Crippen LogP contribution in [0.3, 0.4) is 0 Å². The van der Waals surface area contributed by atoms with Crippen molar-refractivity contribution in [1.82, 2.24) is 0 Å². The number of allylic oxidation sites excluding steroid dienone is 1. The Morgan fingerprint density at radius 3 is 2.79 bits per heavy atom. The van der Waals surface area contributed by atoms with Crippen molar-refractivity contribution in [3.8, 4) is 6.07 Å². The molecule has 0 radical (unpaired) electrons. The molecule has 14 heavy (non-hydrogen) atoms. The van der Waals surface area contributed by atoms with Crippen LogP contribution >= 0.6 is 0 Å². The van der Waals surface area contributed by atoms with Crippen molar-refractivity contribution < 1.29 is 0 Å². The molecule has 0 fully saturated rings. The zero-order valence-electron chi connectivity index (χ0n) is 8.57. The third kappa shape index (κ3) is 2.37. The van der Waals surface area contributed by atoms with E-state index in [4.69, 9.17) is 5.26 Å². The number of likely N-dealkylation sites (N-methyl/N-ethyl adjacent to an activating group) is 1. The highest BCUT2D eigenvalue weighted by atomic mass is 15.1. The number of rotatable bonds is 3. The van der Waals surface area contributed by atoms with Gasteiger partial charge in [-0.15, -0.1) is 0 Å². The molecule has 72 valence electrons. The molecule has 0 aliphatic carbocycles. The third-order valence-corrected chi connectivity index (χ3v) is 2.05. The van der Waals surface area contributed by atoms with Gasteiger partial charge in [0.2, 0.25) is 0 Å². The van der Waals surface area contributed by atoms with Crippen molar-refractivity contribution in [3.05, 3.63) is 42.0 Å². The third-order valence-electron chi connectivity index (χ3n) is 2.05. The predicted molar refractivity (Wildman–Crippen MR) is 59.2 cm³/mol. The second kappa shape index (κ2) is 5.08. The van der Waals surface area contributed by atoms with E-state index in [0.29, 0.717) is 0 Å². The van der Waals surface area contributed by atoms with Gasteiger partial charge in [0.25, 0.3) is 0 Å². The number of hydrogen-bond acceptors (Lipinski definition) is 2. The van der Waals surface area contributed by atoms with Gasteiger partial charge in [-0.25, -0.2) is 0 Å². The van der Waals surface area contributed by atoms with E-state index in [9.17, 15) is 0 Å². The van der Waals surface area contributed by atoms with E-state index in [0.717, 1.165) is 17.8 Å². The fraction of sp³-hybridized carbons (Fsp3) is 0.250. The first kappa shape index (κ1) is 10.3. The molecule has 0 spiro atoms. The van der Waals surface area contributed by atoms with Gasteiger partial charge in [-0.1, -0.05) is 24.3 Å². The minimum atomic E-state index is 0.722. The first-order valence-corrected chi connectivity index (χ1v) is 4.61. The predicted octanol–water partition coefficient (Wildman–Crippen LogP) is 2.57. The summed E-state index contributed by atoms with van der Waals surface area (Å²) in [7, 11) is 1.98. The van der Waals surface area contributed by atoms with Gasteiger partial charge in [-0.2, -0.15) is 5.26 Å². The Balaban J connectivity index is 2.89. The summed E-state index contributed by atoms with van der Waals surface area (Å²) in [5, 5.41) is 8.90. The van der Waals surface area contributed by atoms with Gasteiger partial charge in [0, 0.05) is 13.6 Å². The van der Waals surface area contributed by atoms with Crippen LogP contribution in [0.15, 0.2) is 36.4 Å². The van der Waals surface area contributed by atoms with Crippen LogP contribution in [0.25, 0.3) is 0 Å². The van der Waals surface area contributed by atoms with Gasteiger partial charge in [0.1, 0.15) is 6.07 Å². The lowest BCUT2D eigenvalue weighted by atomic mass is 10.2. The van der Waals surface area contributed by atoms with Crippen LogP contribution in [0, 0.1) is 11.3 Å². The standard InChI is InChI=1S/C12H14N2/c1-3-4-9-14(2)12-8-6-5-7-11(12)10-13/h3-8H,9H2,1-2H3. The summed E-state index contributed by atoms with van der Waals surface area (Å²) in [5.41, 5.74) is 1.70. The minimum Gasteiger partial charge on any atom is -0.370 e. The first-order chi connectivity index (χ1) is 6.79. The number of nitrogens with zero attached hydrogens (tertiary/aromatic N) is 2. The van der Waals surface area contributed by atoms with Gasteiger partial charge < -0.3 is 4.90 Å². The van der Waals surface area contributed by atoms with Crippen LogP contribution in [0.1, 0.15) is 12.5 Å². The van der Waals surface area contributed by atoms with Crippen LogP contribution < -0.4 is 4.90 Å². The summed E-state index contributed by atoms with van der Waals surface area (Å²) in [4.78, 5) is 2.05. The van der Waals surface area contributed by atoms with Crippen LogP contribution in [0.2, 0.25) is 0 Å². The quantitative estimate of drug-likeness (QED) is 0.678. The number of para-hydroxylation sites is 1. The highest BCUT2D eigenvalue weighted by Gasteiger charge is 2.03. The van der Waals surface area contributed by atoms with Crippen molar-refractivity contribution in [3.63, 3.8) is 0 Å². The van der Waals surface area contributed by atoms with Crippen molar-refractivity contribution in [2.75, 3.05) is 18.5 Å². The number of hydrogen-bond donors (Lipinski definition) is 0. The van der Waals surface area contributed by atoms with Crippen LogP contribution in [0.4, 0.5) is 5.69 Å². The van der Waals surface area contributed by atoms with Gasteiger partial charge in [-0.3, -0.25) is 0 Å². The first-order valence-electron chi connectivity index (χ1n) is 4.61. The molecule has 0 saturated carbocycles. The highest BCUT2D eigenvalue weighted by molar-refractivity contribution is 5.58. The molecule has 0 aromatic heterocycles. The second-order valence-corrected chi connectivity index (χ2v) is 3.08. The zero-order chi connectivity index (χ0) is 10.4. The normalized spacial score (nSPS) is 10.1. The number of benzene rings is 1. The highest BCUT2D eigenvalue weighted by Crippen LogP contribution is 2.17. The molecule has 0 aliphatic rings. The van der Waals surface area contributed by atoms with Gasteiger partial charge in [-0.05, 0) is 19.1 Å². The van der Waals surface area contributed by atoms with Crippen molar-refractivity contribution in [2.24, 2.45) is 0 Å². The van der Waals surface area contributed by atoms with Crippen molar-refractivity contribution in [1.29, 1.82) is 5.26 Å². The summed E-state index contributed by atoms with van der Waals surface area (Å²) < 4.78 is 0. The Hall–Kier alpha value is -1.75. The Labute approximate surface area is 85.1 Å². The van der Waals surface area contributed by atoms with Crippen LogP contribution in [0.5, 0.6) is 0 Å². The Bertz CT molecular complexity index is 361. The Morgan fingerprint density at radius 1 is 1.43 bits per heavy atom. The maximum atomic E-state index is 8.90. The van der Waals surface area contributed by atoms with E-state index in [2.05, 4.69) is 17.0 Å². The van der Waals surface area contributed by atoms with E-state index in [1.807, 2.05) is 44.3 Å². The zero-order valence-corrected chi connectivity index (χ0v) is 8.57. The topological polar surface area (TPSA) is 27.0 Å². The maximum Gasteiger partial charge on any atom is 0.101 e. The summed E-state index contributed by atoms with van der Waals surface area (Å²) in [6.07, 6.45) is 4.07. The monoisotopic (exact) mass is 186 g/mol. The van der Waals surface area contributed by atoms with Gasteiger partial charge in [0.15, 0.2) is 0 Å². The molecule has 0 saturated heterocycles.